The van der Waals surface area contributed by atoms with E-state index in [4.69, 9.17) is 35.5 Å². The number of H-pyrrole nitrogens is 1. The van der Waals surface area contributed by atoms with Gasteiger partial charge < -0.3 is 5.73 Å². The van der Waals surface area contributed by atoms with Gasteiger partial charge in [-0.15, -0.1) is 11.3 Å². The van der Waals surface area contributed by atoms with Crippen LogP contribution in [0.3, 0.4) is 0 Å². The first-order valence-electron chi connectivity index (χ1n) is 7.52. The topological polar surface area (TPSA) is 97.7 Å². The van der Waals surface area contributed by atoms with Gasteiger partial charge in [0, 0.05) is 21.8 Å². The second kappa shape index (κ2) is 6.96. The van der Waals surface area contributed by atoms with E-state index < -0.39 is 0 Å². The Kier molecular flexibility index (Phi) is 4.49. The van der Waals surface area contributed by atoms with Crippen molar-refractivity contribution in [1.29, 1.82) is 0 Å². The molecule has 0 saturated carbocycles. The maximum Gasteiger partial charge on any atom is 0.220 e. The third kappa shape index (κ3) is 3.13. The molecule has 0 spiro atoms. The van der Waals surface area contributed by atoms with E-state index in [1.54, 1.807) is 30.5 Å². The fourth-order valence-electron chi connectivity index (χ4n) is 2.63. The molecule has 0 fully saturated rings. The Morgan fingerprint density at radius 1 is 1.15 bits per heavy atom. The summed E-state index contributed by atoms with van der Waals surface area (Å²) in [6.45, 7) is 7.77. The molecule has 0 bridgehead atoms. The van der Waals surface area contributed by atoms with Crippen LogP contribution in [0.5, 0.6) is 0 Å². The van der Waals surface area contributed by atoms with E-state index in [0.717, 1.165) is 4.88 Å². The van der Waals surface area contributed by atoms with Crippen molar-refractivity contribution in [1.82, 2.24) is 25.1 Å². The van der Waals surface area contributed by atoms with Crippen LogP contribution < -0.4 is 5.73 Å². The van der Waals surface area contributed by atoms with Gasteiger partial charge in [0.25, 0.3) is 0 Å². The average molecular weight is 414 g/mol. The zero-order chi connectivity index (χ0) is 19.0. The van der Waals surface area contributed by atoms with Crippen LogP contribution in [0.4, 0.5) is 11.6 Å². The van der Waals surface area contributed by atoms with E-state index in [1.807, 2.05) is 0 Å². The number of thiophene rings is 1. The first kappa shape index (κ1) is 17.4. The molecule has 3 aromatic heterocycles. The van der Waals surface area contributed by atoms with Crippen LogP contribution in [-0.2, 0) is 0 Å². The van der Waals surface area contributed by atoms with Crippen LogP contribution in [0.15, 0.2) is 36.8 Å². The molecule has 7 nitrogen and oxygen atoms in total. The molecule has 3 heterocycles. The summed E-state index contributed by atoms with van der Waals surface area (Å²) in [6, 6.07) is 6.84. The number of aromatic amines is 1. The van der Waals surface area contributed by atoms with Gasteiger partial charge >= 0.3 is 0 Å². The standard InChI is InChI=1S/C17H9Cl2N7S/c1-21-13-12(9-3-2-8(18)6-10(9)19)15(16-23-7-24-26-16)27-14(13)11-4-5-22-17(20)25-11/h2-7H,(H2,20,22,25)(H,23,24,26). The summed E-state index contributed by atoms with van der Waals surface area (Å²) < 4.78 is 0. The highest BCUT2D eigenvalue weighted by molar-refractivity contribution is 7.20. The van der Waals surface area contributed by atoms with E-state index >= 15 is 0 Å². The normalized spacial score (nSPS) is 10.7. The second-order valence-corrected chi connectivity index (χ2v) is 7.22. The highest BCUT2D eigenvalue weighted by atomic mass is 35.5. The number of halogens is 2. The van der Waals surface area contributed by atoms with Crippen LogP contribution in [-0.4, -0.2) is 25.1 Å². The maximum absolute atomic E-state index is 7.77. The Morgan fingerprint density at radius 2 is 2.00 bits per heavy atom. The molecule has 0 aliphatic carbocycles. The quantitative estimate of drug-likeness (QED) is 0.455. The molecular formula is C17H9Cl2N7S. The van der Waals surface area contributed by atoms with E-state index in [0.29, 0.717) is 43.3 Å². The third-order valence-electron chi connectivity index (χ3n) is 3.73. The number of anilines is 1. The Bertz CT molecular complexity index is 1180. The molecule has 0 radical (unpaired) electrons. The summed E-state index contributed by atoms with van der Waals surface area (Å²) in [5, 5.41) is 7.69. The lowest BCUT2D eigenvalue weighted by Gasteiger charge is -2.07. The minimum absolute atomic E-state index is 0.129. The third-order valence-corrected chi connectivity index (χ3v) is 5.49. The van der Waals surface area contributed by atoms with Crippen molar-refractivity contribution in [2.45, 2.75) is 0 Å². The summed E-state index contributed by atoms with van der Waals surface area (Å²) in [6.07, 6.45) is 2.95. The van der Waals surface area contributed by atoms with Gasteiger partial charge in [0.05, 0.1) is 22.0 Å². The minimum Gasteiger partial charge on any atom is -0.368 e. The largest absolute Gasteiger partial charge is 0.368 e. The molecule has 0 aliphatic heterocycles. The lowest BCUT2D eigenvalue weighted by atomic mass is 10.0. The Morgan fingerprint density at radius 3 is 2.67 bits per heavy atom. The molecule has 0 atom stereocenters. The van der Waals surface area contributed by atoms with Gasteiger partial charge in [-0.05, 0) is 23.8 Å². The summed E-state index contributed by atoms with van der Waals surface area (Å²) in [5.74, 6) is 0.656. The Labute approximate surface area is 167 Å². The molecule has 0 aliphatic rings. The summed E-state index contributed by atoms with van der Waals surface area (Å²) in [7, 11) is 0. The molecule has 0 amide bonds. The number of benzene rings is 1. The van der Waals surface area contributed by atoms with E-state index in [1.165, 1.54) is 17.7 Å². The lowest BCUT2D eigenvalue weighted by molar-refractivity contribution is 1.10. The van der Waals surface area contributed by atoms with Crippen LogP contribution in [0.1, 0.15) is 0 Å². The predicted octanol–water partition coefficient (Wildman–Crippen LogP) is 5.10. The van der Waals surface area contributed by atoms with Crippen LogP contribution >= 0.6 is 34.5 Å². The highest BCUT2D eigenvalue weighted by Crippen LogP contribution is 2.52. The fraction of sp³-hybridized carbons (Fsp3) is 0. The van der Waals surface area contributed by atoms with Gasteiger partial charge in [0.1, 0.15) is 6.33 Å². The van der Waals surface area contributed by atoms with Gasteiger partial charge in [-0.25, -0.2) is 19.8 Å². The van der Waals surface area contributed by atoms with Crippen LogP contribution in [0.25, 0.3) is 37.2 Å². The van der Waals surface area contributed by atoms with Crippen LogP contribution in [0, 0.1) is 6.57 Å². The van der Waals surface area contributed by atoms with E-state index in [-0.39, 0.29) is 5.95 Å². The molecule has 27 heavy (non-hydrogen) atoms. The van der Waals surface area contributed by atoms with E-state index in [2.05, 4.69) is 30.0 Å². The SMILES string of the molecule is [C-]#[N+]c1c(-c2ccnc(N)n2)sc(-c2ncn[nH]2)c1-c1ccc(Cl)cc1Cl. The number of nitrogens with two attached hydrogens (primary N) is 1. The van der Waals surface area contributed by atoms with Crippen molar-refractivity contribution < 1.29 is 0 Å². The lowest BCUT2D eigenvalue weighted by Crippen LogP contribution is -1.94. The van der Waals surface area contributed by atoms with Gasteiger partial charge in [-0.2, -0.15) is 5.10 Å². The predicted molar refractivity (Wildman–Crippen MR) is 107 cm³/mol. The molecule has 132 valence electrons. The zero-order valence-electron chi connectivity index (χ0n) is 13.4. The molecule has 4 aromatic rings. The molecular weight excluding hydrogens is 405 g/mol. The number of nitrogens with zero attached hydrogens (tertiary/aromatic N) is 5. The first-order chi connectivity index (χ1) is 13.1. The van der Waals surface area contributed by atoms with Crippen molar-refractivity contribution in [3.05, 3.63) is 58.3 Å². The smallest absolute Gasteiger partial charge is 0.220 e. The monoisotopic (exact) mass is 413 g/mol. The van der Waals surface area contributed by atoms with Gasteiger partial charge in [-0.3, -0.25) is 5.10 Å². The fourth-order valence-corrected chi connectivity index (χ4v) is 4.30. The van der Waals surface area contributed by atoms with Crippen molar-refractivity contribution in [3.8, 4) is 32.4 Å². The van der Waals surface area contributed by atoms with Gasteiger partial charge in [0.2, 0.25) is 11.6 Å². The summed E-state index contributed by atoms with van der Waals surface area (Å²) in [4.78, 5) is 17.5. The minimum atomic E-state index is 0.129. The highest BCUT2D eigenvalue weighted by Gasteiger charge is 2.25. The number of aromatic nitrogens is 5. The molecule has 0 unspecified atom stereocenters. The molecule has 4 rings (SSSR count). The average Bonchev–Trinajstić information content (AvgIpc) is 3.29. The molecule has 10 heteroatoms. The number of rotatable bonds is 3. The van der Waals surface area contributed by atoms with Gasteiger partial charge in [-0.1, -0.05) is 29.3 Å². The first-order valence-corrected chi connectivity index (χ1v) is 9.10. The van der Waals surface area contributed by atoms with Crippen molar-refractivity contribution in [2.75, 3.05) is 5.73 Å². The number of hydrogen-bond donors (Lipinski definition) is 2. The second-order valence-electron chi connectivity index (χ2n) is 5.35. The van der Waals surface area contributed by atoms with Crippen molar-refractivity contribution >= 4 is 46.2 Å². The van der Waals surface area contributed by atoms with Crippen molar-refractivity contribution in [2.24, 2.45) is 0 Å². The number of hydrogen-bond acceptors (Lipinski definition) is 6. The molecule has 3 N–H and O–H groups in total. The Hall–Kier alpha value is -2.99. The van der Waals surface area contributed by atoms with Crippen molar-refractivity contribution in [3.63, 3.8) is 0 Å². The maximum atomic E-state index is 7.77. The summed E-state index contributed by atoms with van der Waals surface area (Å²) >= 11 is 13.8. The van der Waals surface area contributed by atoms with Crippen LogP contribution in [0.2, 0.25) is 10.0 Å². The van der Waals surface area contributed by atoms with Gasteiger partial charge in [0.15, 0.2) is 5.82 Å². The van der Waals surface area contributed by atoms with E-state index in [9.17, 15) is 0 Å². The molecule has 0 saturated heterocycles. The Balaban J connectivity index is 2.06. The zero-order valence-corrected chi connectivity index (χ0v) is 15.8. The molecule has 1 aromatic carbocycles. The summed E-state index contributed by atoms with van der Waals surface area (Å²) in [5.41, 5.74) is 7.98. The number of nitrogen functional groups attached to an aromatic ring is 1. The number of nitrogens with one attached hydrogen (secondary N) is 1.